The van der Waals surface area contributed by atoms with Crippen LogP contribution in [0.15, 0.2) is 88.1 Å². The molecule has 2 heterocycles. The van der Waals surface area contributed by atoms with Gasteiger partial charge in [-0.15, -0.1) is 0 Å². The molecular weight excluding hydrogens is 442 g/mol. The zero-order chi connectivity index (χ0) is 24.4. The lowest BCUT2D eigenvalue weighted by molar-refractivity contribution is -0.951. The minimum atomic E-state index is -0.425. The predicted octanol–water partition coefficient (Wildman–Crippen LogP) is 3.96. The van der Waals surface area contributed by atoms with E-state index in [1.807, 2.05) is 86.6 Å². The molecule has 0 bridgehead atoms. The summed E-state index contributed by atoms with van der Waals surface area (Å²) in [6.07, 6.45) is 0. The maximum atomic E-state index is 13.2. The van der Waals surface area contributed by atoms with E-state index < -0.39 is 11.7 Å². The van der Waals surface area contributed by atoms with Crippen molar-refractivity contribution in [3.63, 3.8) is 0 Å². The molecule has 1 aliphatic rings. The highest BCUT2D eigenvalue weighted by molar-refractivity contribution is 5.95. The number of fused-ring (bicyclic) bond motifs is 3. The predicted molar refractivity (Wildman–Crippen MR) is 133 cm³/mol. The Hall–Kier alpha value is -3.90. The first-order chi connectivity index (χ1) is 17.0. The quantitative estimate of drug-likeness (QED) is 0.341. The lowest BCUT2D eigenvalue weighted by Gasteiger charge is -2.33. The van der Waals surface area contributed by atoms with Crippen LogP contribution in [0.3, 0.4) is 0 Å². The van der Waals surface area contributed by atoms with Gasteiger partial charge in [0.05, 0.1) is 5.56 Å². The van der Waals surface area contributed by atoms with Crippen LogP contribution in [0.4, 0.5) is 0 Å². The van der Waals surface area contributed by atoms with Gasteiger partial charge >= 0.3 is 11.6 Å². The van der Waals surface area contributed by atoms with Gasteiger partial charge in [0, 0.05) is 17.4 Å². The molecule has 35 heavy (non-hydrogen) atoms. The van der Waals surface area contributed by atoms with Crippen LogP contribution >= 0.6 is 0 Å². The van der Waals surface area contributed by atoms with Crippen molar-refractivity contribution in [1.82, 2.24) is 0 Å². The molecule has 178 valence electrons. The van der Waals surface area contributed by atoms with Crippen LogP contribution in [-0.2, 0) is 22.7 Å². The van der Waals surface area contributed by atoms with Crippen molar-refractivity contribution in [3.8, 4) is 16.9 Å². The second kappa shape index (κ2) is 9.76. The largest absolute Gasteiger partial charge is 0.456 e. The Bertz CT molecular complexity index is 1400. The van der Waals surface area contributed by atoms with E-state index in [9.17, 15) is 9.59 Å². The Kier molecular flexibility index (Phi) is 6.38. The third-order valence-electron chi connectivity index (χ3n) is 6.46. The van der Waals surface area contributed by atoms with Crippen molar-refractivity contribution in [2.75, 3.05) is 6.73 Å². The summed E-state index contributed by atoms with van der Waals surface area (Å²) in [4.78, 5) is 26.6. The highest BCUT2D eigenvalue weighted by atomic mass is 16.5. The number of hydrogen-bond acceptors (Lipinski definition) is 5. The van der Waals surface area contributed by atoms with Crippen molar-refractivity contribution in [2.45, 2.75) is 33.0 Å². The molecule has 0 spiro atoms. The molecule has 3 aromatic carbocycles. The molecular formula is C29H28NO5+. The summed E-state index contributed by atoms with van der Waals surface area (Å²) in [6, 6.07) is 24.4. The van der Waals surface area contributed by atoms with Gasteiger partial charge in [-0.05, 0) is 28.8 Å². The zero-order valence-corrected chi connectivity index (χ0v) is 19.8. The van der Waals surface area contributed by atoms with Gasteiger partial charge in [-0.3, -0.25) is 4.90 Å². The van der Waals surface area contributed by atoms with E-state index in [0.29, 0.717) is 24.6 Å². The Morgan fingerprint density at radius 3 is 2.43 bits per heavy atom. The van der Waals surface area contributed by atoms with Crippen LogP contribution in [0.1, 0.15) is 25.0 Å². The Morgan fingerprint density at radius 2 is 1.71 bits per heavy atom. The third kappa shape index (κ3) is 4.70. The molecule has 0 amide bonds. The molecule has 1 aromatic heterocycles. The smallest absolute Gasteiger partial charge is 0.365 e. The molecule has 1 N–H and O–H groups in total. The average Bonchev–Trinajstić information content (AvgIpc) is 2.88. The van der Waals surface area contributed by atoms with Crippen molar-refractivity contribution in [1.29, 1.82) is 0 Å². The van der Waals surface area contributed by atoms with Gasteiger partial charge in [0.25, 0.3) is 0 Å². The summed E-state index contributed by atoms with van der Waals surface area (Å²) in [6.45, 7) is 5.05. The Labute approximate surface area is 203 Å². The fourth-order valence-corrected chi connectivity index (χ4v) is 4.80. The molecule has 0 saturated heterocycles. The third-order valence-corrected chi connectivity index (χ3v) is 6.46. The van der Waals surface area contributed by atoms with E-state index in [4.69, 9.17) is 13.9 Å². The highest BCUT2D eigenvalue weighted by Gasteiger charge is 2.38. The number of ether oxygens (including phenoxy) is 2. The molecule has 6 nitrogen and oxygen atoms in total. The normalized spacial score (nSPS) is 15.9. The molecule has 5 rings (SSSR count). The van der Waals surface area contributed by atoms with Crippen molar-refractivity contribution >= 4 is 16.9 Å². The summed E-state index contributed by atoms with van der Waals surface area (Å²) in [5.41, 5.74) is 3.58. The number of rotatable bonds is 6. The number of hydrogen-bond donors (Lipinski definition) is 1. The number of carbonyl (C=O) groups is 1. The summed E-state index contributed by atoms with van der Waals surface area (Å²) in [5, 5.41) is 0.840. The first-order valence-corrected chi connectivity index (χ1v) is 11.8. The average molecular weight is 471 g/mol. The van der Waals surface area contributed by atoms with E-state index in [1.54, 1.807) is 0 Å². The van der Waals surface area contributed by atoms with Gasteiger partial charge in [-0.2, -0.15) is 0 Å². The molecule has 0 fully saturated rings. The van der Waals surface area contributed by atoms with Crippen LogP contribution in [0, 0.1) is 5.92 Å². The Balaban J connectivity index is 1.47. The van der Waals surface area contributed by atoms with E-state index in [-0.39, 0.29) is 18.5 Å². The summed E-state index contributed by atoms with van der Waals surface area (Å²) in [7, 11) is 0. The molecule has 0 saturated carbocycles. The molecule has 0 radical (unpaired) electrons. The van der Waals surface area contributed by atoms with E-state index in [2.05, 4.69) is 0 Å². The van der Waals surface area contributed by atoms with Crippen LogP contribution < -0.4 is 15.3 Å². The molecule has 1 aliphatic heterocycles. The minimum Gasteiger partial charge on any atom is -0.456 e. The number of nitrogens with one attached hydrogen (secondary N) is 1. The van der Waals surface area contributed by atoms with E-state index >= 15 is 0 Å². The van der Waals surface area contributed by atoms with Crippen molar-refractivity contribution < 1.29 is 23.6 Å². The monoisotopic (exact) mass is 470 g/mol. The van der Waals surface area contributed by atoms with Gasteiger partial charge < -0.3 is 13.9 Å². The SMILES string of the molecule is CC(C)[C@H](C(=O)OCc1ccccc1)[NH+]1COc2ccc3c(-c4ccccc4)cc(=O)oc3c2C1. The highest BCUT2D eigenvalue weighted by Crippen LogP contribution is 2.34. The second-order valence-electron chi connectivity index (χ2n) is 9.20. The summed E-state index contributed by atoms with van der Waals surface area (Å²) in [5.74, 6) is 0.438. The van der Waals surface area contributed by atoms with E-state index in [1.165, 1.54) is 6.07 Å². The van der Waals surface area contributed by atoms with Gasteiger partial charge in [0.2, 0.25) is 6.73 Å². The lowest BCUT2D eigenvalue weighted by Crippen LogP contribution is -3.17. The molecule has 0 aliphatic carbocycles. The van der Waals surface area contributed by atoms with Gasteiger partial charge in [0.15, 0.2) is 11.6 Å². The van der Waals surface area contributed by atoms with Gasteiger partial charge in [0.1, 0.15) is 18.9 Å². The van der Waals surface area contributed by atoms with Crippen LogP contribution in [-0.4, -0.2) is 18.7 Å². The number of carbonyl (C=O) groups excluding carboxylic acids is 1. The first kappa shape index (κ1) is 22.9. The van der Waals surface area contributed by atoms with Gasteiger partial charge in [-0.1, -0.05) is 74.5 Å². The molecule has 2 atom stereocenters. The zero-order valence-electron chi connectivity index (χ0n) is 19.8. The maximum absolute atomic E-state index is 13.2. The fourth-order valence-electron chi connectivity index (χ4n) is 4.80. The minimum absolute atomic E-state index is 0.0280. The van der Waals surface area contributed by atoms with Crippen molar-refractivity contribution in [3.05, 3.63) is 100 Å². The summed E-state index contributed by atoms with van der Waals surface area (Å²) >= 11 is 0. The van der Waals surface area contributed by atoms with Crippen LogP contribution in [0.2, 0.25) is 0 Å². The molecule has 6 heteroatoms. The molecule has 1 unspecified atom stereocenters. The number of quaternary nitrogens is 1. The fraction of sp³-hybridized carbons (Fsp3) is 0.241. The first-order valence-electron chi connectivity index (χ1n) is 11.8. The Morgan fingerprint density at radius 1 is 1.00 bits per heavy atom. The lowest BCUT2D eigenvalue weighted by atomic mass is 9.97. The molecule has 4 aromatic rings. The van der Waals surface area contributed by atoms with Gasteiger partial charge in [-0.25, -0.2) is 9.59 Å². The second-order valence-corrected chi connectivity index (χ2v) is 9.20. The van der Waals surface area contributed by atoms with Crippen molar-refractivity contribution in [2.24, 2.45) is 5.92 Å². The van der Waals surface area contributed by atoms with Crippen LogP contribution in [0.5, 0.6) is 5.75 Å². The number of benzene rings is 3. The summed E-state index contributed by atoms with van der Waals surface area (Å²) < 4.78 is 17.5. The topological polar surface area (TPSA) is 70.2 Å². The maximum Gasteiger partial charge on any atom is 0.365 e. The van der Waals surface area contributed by atoms with Crippen LogP contribution in [0.25, 0.3) is 22.1 Å². The standard InChI is InChI=1S/C29H27NO5/c1-19(2)27(29(32)33-17-20-9-5-3-6-10-20)30-16-24-25(34-18-30)14-13-22-23(15-26(31)35-28(22)24)21-11-7-4-8-12-21/h3-15,19,27H,16-18H2,1-2H3/p+1/t27-/m1/s1. The van der Waals surface area contributed by atoms with E-state index in [0.717, 1.165) is 32.5 Å². The number of esters is 1.